The van der Waals surface area contributed by atoms with Crippen LogP contribution in [0.1, 0.15) is 20.0 Å². The molecule has 92 valence electrons. The first-order valence-corrected chi connectivity index (χ1v) is 5.99. The Kier molecular flexibility index (Phi) is 3.59. The highest BCUT2D eigenvalue weighted by Gasteiger charge is 2.14. The molecule has 0 aliphatic rings. The number of amides is 1. The van der Waals surface area contributed by atoms with Gasteiger partial charge in [-0.25, -0.2) is 0 Å². The van der Waals surface area contributed by atoms with Gasteiger partial charge in [0.15, 0.2) is 11.4 Å². The van der Waals surface area contributed by atoms with Crippen molar-refractivity contribution < 1.29 is 14.3 Å². The highest BCUT2D eigenvalue weighted by atomic mass is 35.5. The predicted molar refractivity (Wildman–Crippen MR) is 67.5 cm³/mol. The minimum atomic E-state index is -0.608. The first-order chi connectivity index (χ1) is 8.61. The summed E-state index contributed by atoms with van der Waals surface area (Å²) in [5, 5.41) is 0.248. The van der Waals surface area contributed by atoms with E-state index < -0.39 is 5.91 Å². The molecule has 0 saturated heterocycles. The molecule has 0 fully saturated rings. The fourth-order valence-corrected chi connectivity index (χ4v) is 2.19. The highest BCUT2D eigenvalue weighted by Crippen LogP contribution is 2.32. The van der Waals surface area contributed by atoms with E-state index in [1.165, 1.54) is 6.07 Å². The Morgan fingerprint density at radius 1 is 1.44 bits per heavy atom. The summed E-state index contributed by atoms with van der Waals surface area (Å²) in [6.45, 7) is 0. The molecule has 1 aromatic heterocycles. The number of nitrogens with two attached hydrogens (primary N) is 1. The first kappa shape index (κ1) is 12.5. The molecule has 2 rings (SSSR count). The van der Waals surface area contributed by atoms with Crippen molar-refractivity contribution in [1.82, 2.24) is 4.98 Å². The fraction of sp³-hybridized carbons (Fsp3) is 0. The third-order valence-corrected chi connectivity index (χ3v) is 3.31. The van der Waals surface area contributed by atoms with Crippen LogP contribution in [0.5, 0.6) is 10.9 Å². The number of hydrogen-bond donors (Lipinski definition) is 1. The van der Waals surface area contributed by atoms with Gasteiger partial charge >= 0.3 is 0 Å². The molecule has 0 radical (unpaired) electrons. The molecule has 18 heavy (non-hydrogen) atoms. The highest BCUT2D eigenvalue weighted by molar-refractivity contribution is 7.15. The lowest BCUT2D eigenvalue weighted by molar-refractivity contribution is 0.0997. The summed E-state index contributed by atoms with van der Waals surface area (Å²) < 4.78 is 5.40. The normalized spacial score (nSPS) is 10.1. The maximum atomic E-state index is 11.2. The Balaban J connectivity index is 2.33. The second-order valence-electron chi connectivity index (χ2n) is 3.22. The van der Waals surface area contributed by atoms with Crippen molar-refractivity contribution in [3.05, 3.63) is 39.9 Å². The maximum Gasteiger partial charge on any atom is 0.280 e. The van der Waals surface area contributed by atoms with Gasteiger partial charge in [0.1, 0.15) is 10.6 Å². The van der Waals surface area contributed by atoms with Crippen LogP contribution >= 0.6 is 22.9 Å². The van der Waals surface area contributed by atoms with Crippen molar-refractivity contribution >= 4 is 35.1 Å². The average Bonchev–Trinajstić information content (AvgIpc) is 2.70. The van der Waals surface area contributed by atoms with Gasteiger partial charge in [0.05, 0.1) is 5.56 Å². The number of carbonyl (C=O) groups excluding carboxylic acids is 2. The topological polar surface area (TPSA) is 82.3 Å². The van der Waals surface area contributed by atoms with Crippen molar-refractivity contribution in [2.45, 2.75) is 0 Å². The molecule has 1 amide bonds. The van der Waals surface area contributed by atoms with Gasteiger partial charge in [-0.2, -0.15) is 4.98 Å². The lowest BCUT2D eigenvalue weighted by atomic mass is 10.2. The number of carbonyl (C=O) groups is 2. The summed E-state index contributed by atoms with van der Waals surface area (Å²) in [7, 11) is 0. The molecule has 0 aliphatic carbocycles. The minimum absolute atomic E-state index is 0.0709. The zero-order chi connectivity index (χ0) is 13.1. The number of benzene rings is 1. The van der Waals surface area contributed by atoms with E-state index in [-0.39, 0.29) is 26.5 Å². The van der Waals surface area contributed by atoms with Gasteiger partial charge in [-0.3, -0.25) is 9.59 Å². The standard InChI is InChI=1S/C11H7ClN2O3S/c12-9-8(5-15)18-11(14-9)17-7-4-2-1-3-6(7)10(13)16/h1-5H,(H2,13,16). The van der Waals surface area contributed by atoms with Gasteiger partial charge < -0.3 is 10.5 Å². The molecule has 1 aromatic carbocycles. The Morgan fingerprint density at radius 2 is 2.17 bits per heavy atom. The molecular formula is C11H7ClN2O3S. The van der Waals surface area contributed by atoms with E-state index in [0.717, 1.165) is 11.3 Å². The smallest absolute Gasteiger partial charge is 0.280 e. The molecule has 7 heteroatoms. The lowest BCUT2D eigenvalue weighted by Crippen LogP contribution is -2.11. The monoisotopic (exact) mass is 282 g/mol. The zero-order valence-electron chi connectivity index (χ0n) is 8.92. The Labute approximate surface area is 111 Å². The van der Waals surface area contributed by atoms with Crippen molar-refractivity contribution in [2.75, 3.05) is 0 Å². The van der Waals surface area contributed by atoms with Crippen LogP contribution in [0, 0.1) is 0 Å². The molecular weight excluding hydrogens is 276 g/mol. The van der Waals surface area contributed by atoms with E-state index in [0.29, 0.717) is 6.29 Å². The van der Waals surface area contributed by atoms with Crippen LogP contribution in [0.2, 0.25) is 5.15 Å². The third-order valence-electron chi connectivity index (χ3n) is 2.05. The number of para-hydroxylation sites is 1. The number of hydrogen-bond acceptors (Lipinski definition) is 5. The van der Waals surface area contributed by atoms with Crippen LogP contribution in [0.15, 0.2) is 24.3 Å². The van der Waals surface area contributed by atoms with Gasteiger partial charge in [0.2, 0.25) is 0 Å². The van der Waals surface area contributed by atoms with E-state index in [1.807, 2.05) is 0 Å². The number of rotatable bonds is 4. The number of aldehydes is 1. The molecule has 0 bridgehead atoms. The van der Waals surface area contributed by atoms with Crippen LogP contribution in [0.25, 0.3) is 0 Å². The number of ether oxygens (including phenoxy) is 1. The van der Waals surface area contributed by atoms with Crippen molar-refractivity contribution in [3.63, 3.8) is 0 Å². The Morgan fingerprint density at radius 3 is 2.78 bits per heavy atom. The third kappa shape index (κ3) is 2.49. The Bertz CT molecular complexity index is 612. The Hall–Kier alpha value is -1.92. The number of halogens is 1. The van der Waals surface area contributed by atoms with Crippen LogP contribution in [0.4, 0.5) is 0 Å². The van der Waals surface area contributed by atoms with E-state index in [4.69, 9.17) is 22.1 Å². The molecule has 2 aromatic rings. The number of nitrogens with zero attached hydrogens (tertiary/aromatic N) is 1. The van der Waals surface area contributed by atoms with Crippen molar-refractivity contribution in [1.29, 1.82) is 0 Å². The van der Waals surface area contributed by atoms with Crippen molar-refractivity contribution in [2.24, 2.45) is 5.73 Å². The number of primary amides is 1. The largest absolute Gasteiger partial charge is 0.430 e. The summed E-state index contributed by atoms with van der Waals surface area (Å²) >= 11 is 6.70. The lowest BCUT2D eigenvalue weighted by Gasteiger charge is -2.05. The van der Waals surface area contributed by atoms with Crippen molar-refractivity contribution in [3.8, 4) is 10.9 Å². The predicted octanol–water partition coefficient (Wildman–Crippen LogP) is 2.50. The molecule has 0 unspecified atom stereocenters. The second kappa shape index (κ2) is 5.16. The number of aromatic nitrogens is 1. The summed E-state index contributed by atoms with van der Waals surface area (Å²) in [6.07, 6.45) is 0.590. The van der Waals surface area contributed by atoms with Crippen LogP contribution in [-0.4, -0.2) is 17.2 Å². The fourth-order valence-electron chi connectivity index (χ4n) is 1.26. The molecule has 2 N–H and O–H groups in total. The van der Waals surface area contributed by atoms with E-state index >= 15 is 0 Å². The quantitative estimate of drug-likeness (QED) is 0.874. The summed E-state index contributed by atoms with van der Waals surface area (Å²) in [5.74, 6) is -0.336. The van der Waals surface area contributed by atoms with Gasteiger partial charge in [-0.05, 0) is 12.1 Å². The zero-order valence-corrected chi connectivity index (χ0v) is 10.5. The first-order valence-electron chi connectivity index (χ1n) is 4.80. The van der Waals surface area contributed by atoms with Gasteiger partial charge in [0, 0.05) is 0 Å². The molecule has 0 spiro atoms. The van der Waals surface area contributed by atoms with Crippen LogP contribution in [0.3, 0.4) is 0 Å². The summed E-state index contributed by atoms with van der Waals surface area (Å²) in [5.41, 5.74) is 5.44. The maximum absolute atomic E-state index is 11.2. The summed E-state index contributed by atoms with van der Waals surface area (Å²) in [6, 6.07) is 6.47. The molecule has 1 heterocycles. The van der Waals surface area contributed by atoms with Gasteiger partial charge in [-0.1, -0.05) is 35.1 Å². The second-order valence-corrected chi connectivity index (χ2v) is 4.57. The average molecular weight is 283 g/mol. The van der Waals surface area contributed by atoms with E-state index in [9.17, 15) is 9.59 Å². The molecule has 0 atom stereocenters. The van der Waals surface area contributed by atoms with Gasteiger partial charge in [-0.15, -0.1) is 0 Å². The van der Waals surface area contributed by atoms with Crippen LogP contribution < -0.4 is 10.5 Å². The molecule has 0 aliphatic heterocycles. The minimum Gasteiger partial charge on any atom is -0.430 e. The van der Waals surface area contributed by atoms with Gasteiger partial charge in [0.25, 0.3) is 11.1 Å². The number of thiazole rings is 1. The SMILES string of the molecule is NC(=O)c1ccccc1Oc1nc(Cl)c(C=O)s1. The summed E-state index contributed by atoms with van der Waals surface area (Å²) in [4.78, 5) is 25.9. The molecule has 0 saturated carbocycles. The molecule has 5 nitrogen and oxygen atoms in total. The van der Waals surface area contributed by atoms with Crippen LogP contribution in [-0.2, 0) is 0 Å². The van der Waals surface area contributed by atoms with E-state index in [2.05, 4.69) is 4.98 Å². The van der Waals surface area contributed by atoms with E-state index in [1.54, 1.807) is 18.2 Å².